The monoisotopic (exact) mass is 235 g/mol. The highest BCUT2D eigenvalue weighted by Crippen LogP contribution is 2.41. The minimum Gasteiger partial charge on any atom is -0.505 e. The molecule has 2 rings (SSSR count). The van der Waals surface area contributed by atoms with Crippen LogP contribution < -0.4 is 4.74 Å². The molecule has 0 bridgehead atoms. The standard InChI is InChI=1S/C11H9NO3S/c1-15-8-4-2-7(3-5-8)10-6-9(13)11(12-14)16-10/h2-6,13H,1H3. The zero-order valence-corrected chi connectivity index (χ0v) is 9.32. The number of aromatic hydroxyl groups is 1. The molecule has 0 aliphatic carbocycles. The molecular formula is C11H9NO3S. The predicted molar refractivity (Wildman–Crippen MR) is 63.4 cm³/mol. The van der Waals surface area contributed by atoms with Gasteiger partial charge in [0.15, 0.2) is 5.75 Å². The molecule has 1 aromatic heterocycles. The summed E-state index contributed by atoms with van der Waals surface area (Å²) < 4.78 is 5.04. The van der Waals surface area contributed by atoms with Crippen LogP contribution in [0.5, 0.6) is 11.5 Å². The molecule has 0 saturated heterocycles. The number of benzene rings is 1. The average Bonchev–Trinajstić information content (AvgIpc) is 2.71. The Hall–Kier alpha value is -1.88. The first kappa shape index (κ1) is 10.6. The summed E-state index contributed by atoms with van der Waals surface area (Å²) in [6.45, 7) is 0. The summed E-state index contributed by atoms with van der Waals surface area (Å²) in [4.78, 5) is 11.2. The van der Waals surface area contributed by atoms with Gasteiger partial charge in [-0.15, -0.1) is 16.2 Å². The van der Waals surface area contributed by atoms with Crippen molar-refractivity contribution in [2.75, 3.05) is 7.11 Å². The Morgan fingerprint density at radius 1 is 1.31 bits per heavy atom. The third kappa shape index (κ3) is 1.90. The molecule has 0 unspecified atom stereocenters. The summed E-state index contributed by atoms with van der Waals surface area (Å²) in [5.41, 5.74) is 0.913. The predicted octanol–water partition coefficient (Wildman–Crippen LogP) is 3.53. The lowest BCUT2D eigenvalue weighted by Crippen LogP contribution is -1.81. The van der Waals surface area contributed by atoms with Gasteiger partial charge in [-0.3, -0.25) is 0 Å². The van der Waals surface area contributed by atoms with Crippen molar-refractivity contribution < 1.29 is 9.84 Å². The molecule has 4 nitrogen and oxygen atoms in total. The van der Waals surface area contributed by atoms with Crippen molar-refractivity contribution >= 4 is 16.3 Å². The van der Waals surface area contributed by atoms with Gasteiger partial charge < -0.3 is 9.84 Å². The van der Waals surface area contributed by atoms with E-state index in [4.69, 9.17) is 4.74 Å². The minimum atomic E-state index is -0.0779. The number of hydrogen-bond acceptors (Lipinski definition) is 5. The van der Waals surface area contributed by atoms with E-state index in [1.807, 2.05) is 24.3 Å². The number of hydrogen-bond donors (Lipinski definition) is 1. The SMILES string of the molecule is COc1ccc(-c2cc(O)c(N=O)s2)cc1. The first-order valence-electron chi connectivity index (χ1n) is 4.55. The molecule has 1 N–H and O–H groups in total. The van der Waals surface area contributed by atoms with Gasteiger partial charge >= 0.3 is 0 Å². The van der Waals surface area contributed by atoms with Gasteiger partial charge in [-0.1, -0.05) is 0 Å². The van der Waals surface area contributed by atoms with Crippen LogP contribution in [0.4, 0.5) is 5.00 Å². The van der Waals surface area contributed by atoms with E-state index in [1.54, 1.807) is 7.11 Å². The third-order valence-electron chi connectivity index (χ3n) is 2.15. The maximum absolute atomic E-state index is 10.4. The van der Waals surface area contributed by atoms with Gasteiger partial charge in [0, 0.05) is 10.9 Å². The van der Waals surface area contributed by atoms with Crippen LogP contribution in [-0.4, -0.2) is 12.2 Å². The van der Waals surface area contributed by atoms with Crippen molar-refractivity contribution in [2.45, 2.75) is 0 Å². The Bertz CT molecular complexity index is 504. The maximum atomic E-state index is 10.4. The number of nitroso groups, excluding NO2 is 1. The number of rotatable bonds is 3. The highest BCUT2D eigenvalue weighted by Gasteiger charge is 2.09. The zero-order chi connectivity index (χ0) is 11.5. The van der Waals surface area contributed by atoms with Crippen LogP contribution in [0.25, 0.3) is 10.4 Å². The minimum absolute atomic E-state index is 0.0779. The van der Waals surface area contributed by atoms with E-state index in [9.17, 15) is 10.0 Å². The molecule has 0 radical (unpaired) electrons. The van der Waals surface area contributed by atoms with Crippen LogP contribution in [0, 0.1) is 4.91 Å². The average molecular weight is 235 g/mol. The summed E-state index contributed by atoms with van der Waals surface area (Å²) in [6, 6.07) is 8.89. The fourth-order valence-electron chi connectivity index (χ4n) is 1.33. The molecule has 0 aliphatic rings. The second kappa shape index (κ2) is 4.32. The summed E-state index contributed by atoms with van der Waals surface area (Å²) >= 11 is 1.16. The van der Waals surface area contributed by atoms with Crippen LogP contribution in [0.2, 0.25) is 0 Å². The van der Waals surface area contributed by atoms with Crippen molar-refractivity contribution in [3.8, 4) is 21.9 Å². The van der Waals surface area contributed by atoms with Crippen molar-refractivity contribution in [3.63, 3.8) is 0 Å². The van der Waals surface area contributed by atoms with E-state index in [-0.39, 0.29) is 10.8 Å². The molecule has 0 spiro atoms. The summed E-state index contributed by atoms with van der Waals surface area (Å²) in [7, 11) is 1.60. The molecule has 0 atom stereocenters. The van der Waals surface area contributed by atoms with Crippen LogP contribution in [0.1, 0.15) is 0 Å². The fraction of sp³-hybridized carbons (Fsp3) is 0.0909. The first-order chi connectivity index (χ1) is 7.74. The Morgan fingerprint density at radius 3 is 2.50 bits per heavy atom. The normalized spacial score (nSPS) is 10.1. The Kier molecular flexibility index (Phi) is 2.87. The maximum Gasteiger partial charge on any atom is 0.203 e. The molecule has 1 aromatic carbocycles. The molecule has 82 valence electrons. The second-order valence-corrected chi connectivity index (χ2v) is 4.15. The lowest BCUT2D eigenvalue weighted by molar-refractivity contribution is 0.415. The lowest BCUT2D eigenvalue weighted by Gasteiger charge is -2.00. The number of methoxy groups -OCH3 is 1. The largest absolute Gasteiger partial charge is 0.505 e. The van der Waals surface area contributed by atoms with Crippen LogP contribution in [-0.2, 0) is 0 Å². The molecule has 5 heteroatoms. The second-order valence-electron chi connectivity index (χ2n) is 3.12. The van der Waals surface area contributed by atoms with Gasteiger partial charge in [0.2, 0.25) is 5.00 Å². The van der Waals surface area contributed by atoms with E-state index >= 15 is 0 Å². The number of nitrogens with zero attached hydrogens (tertiary/aromatic N) is 1. The fourth-order valence-corrected chi connectivity index (χ4v) is 2.17. The number of thiophene rings is 1. The van der Waals surface area contributed by atoms with Gasteiger partial charge in [0.1, 0.15) is 5.75 Å². The molecule has 0 amide bonds. The van der Waals surface area contributed by atoms with Gasteiger partial charge in [0.25, 0.3) is 0 Å². The molecule has 2 aromatic rings. The molecule has 16 heavy (non-hydrogen) atoms. The highest BCUT2D eigenvalue weighted by molar-refractivity contribution is 7.19. The highest BCUT2D eigenvalue weighted by atomic mass is 32.1. The van der Waals surface area contributed by atoms with Crippen molar-refractivity contribution in [1.82, 2.24) is 0 Å². The molecular weight excluding hydrogens is 226 g/mol. The van der Waals surface area contributed by atoms with Crippen LogP contribution >= 0.6 is 11.3 Å². The van der Waals surface area contributed by atoms with Crippen molar-refractivity contribution in [3.05, 3.63) is 35.2 Å². The molecule has 1 heterocycles. The van der Waals surface area contributed by atoms with Crippen molar-refractivity contribution in [1.29, 1.82) is 0 Å². The Morgan fingerprint density at radius 2 is 2.00 bits per heavy atom. The van der Waals surface area contributed by atoms with E-state index in [2.05, 4.69) is 5.18 Å². The van der Waals surface area contributed by atoms with E-state index in [0.717, 1.165) is 27.5 Å². The van der Waals surface area contributed by atoms with Gasteiger partial charge in [-0.05, 0) is 35.0 Å². The van der Waals surface area contributed by atoms with E-state index in [1.165, 1.54) is 6.07 Å². The van der Waals surface area contributed by atoms with Gasteiger partial charge in [0.05, 0.1) is 7.11 Å². The quantitative estimate of drug-likeness (QED) is 0.828. The summed E-state index contributed by atoms with van der Waals surface area (Å²) in [5.74, 6) is 0.684. The molecule has 0 saturated carbocycles. The van der Waals surface area contributed by atoms with Crippen LogP contribution in [0.15, 0.2) is 35.5 Å². The van der Waals surface area contributed by atoms with E-state index in [0.29, 0.717) is 0 Å². The Labute approximate surface area is 96.1 Å². The summed E-state index contributed by atoms with van der Waals surface area (Å²) in [5, 5.41) is 12.2. The summed E-state index contributed by atoms with van der Waals surface area (Å²) in [6.07, 6.45) is 0. The third-order valence-corrected chi connectivity index (χ3v) is 3.20. The topological polar surface area (TPSA) is 58.9 Å². The molecule has 0 fully saturated rings. The molecule has 0 aliphatic heterocycles. The van der Waals surface area contributed by atoms with Gasteiger partial charge in [-0.2, -0.15) is 0 Å². The van der Waals surface area contributed by atoms with Crippen molar-refractivity contribution in [2.24, 2.45) is 5.18 Å². The van der Waals surface area contributed by atoms with Gasteiger partial charge in [-0.25, -0.2) is 0 Å². The first-order valence-corrected chi connectivity index (χ1v) is 5.37. The smallest absolute Gasteiger partial charge is 0.203 e. The zero-order valence-electron chi connectivity index (χ0n) is 8.51. The van der Waals surface area contributed by atoms with E-state index < -0.39 is 0 Å². The van der Waals surface area contributed by atoms with Crippen LogP contribution in [0.3, 0.4) is 0 Å². The number of ether oxygens (including phenoxy) is 1. The Balaban J connectivity index is 2.38. The lowest BCUT2D eigenvalue weighted by atomic mass is 10.2.